The lowest BCUT2D eigenvalue weighted by Crippen LogP contribution is -2.27. The molecular formula is C14H17F2NO. The van der Waals surface area contributed by atoms with Crippen LogP contribution in [0.5, 0.6) is 0 Å². The van der Waals surface area contributed by atoms with Gasteiger partial charge in [-0.2, -0.15) is 0 Å². The van der Waals surface area contributed by atoms with Crippen LogP contribution in [0.25, 0.3) is 11.0 Å². The highest BCUT2D eigenvalue weighted by Gasteiger charge is 2.25. The Morgan fingerprint density at radius 2 is 2.06 bits per heavy atom. The van der Waals surface area contributed by atoms with Crippen LogP contribution in [-0.4, -0.2) is 13.0 Å². The second-order valence-electron chi connectivity index (χ2n) is 4.46. The summed E-state index contributed by atoms with van der Waals surface area (Å²) in [7, 11) is 0. The molecule has 0 aliphatic rings. The van der Waals surface area contributed by atoms with Gasteiger partial charge in [0.25, 0.3) is 6.43 Å². The van der Waals surface area contributed by atoms with Gasteiger partial charge in [-0.05, 0) is 38.1 Å². The quantitative estimate of drug-likeness (QED) is 0.869. The van der Waals surface area contributed by atoms with E-state index in [0.29, 0.717) is 17.9 Å². The van der Waals surface area contributed by atoms with Gasteiger partial charge in [-0.3, -0.25) is 0 Å². The van der Waals surface area contributed by atoms with Crippen molar-refractivity contribution in [2.24, 2.45) is 0 Å². The van der Waals surface area contributed by atoms with Crippen LogP contribution in [0.15, 0.2) is 28.7 Å². The molecule has 2 nitrogen and oxygen atoms in total. The fourth-order valence-electron chi connectivity index (χ4n) is 1.95. The number of hydrogen-bond donors (Lipinski definition) is 1. The molecule has 1 aromatic heterocycles. The van der Waals surface area contributed by atoms with Gasteiger partial charge in [-0.1, -0.05) is 18.6 Å². The van der Waals surface area contributed by atoms with Crippen molar-refractivity contribution in [3.05, 3.63) is 35.6 Å². The minimum absolute atomic E-state index is 0.305. The predicted molar refractivity (Wildman–Crippen MR) is 68.0 cm³/mol. The van der Waals surface area contributed by atoms with Crippen LogP contribution in [0.4, 0.5) is 8.78 Å². The first-order valence-corrected chi connectivity index (χ1v) is 6.13. The maximum absolute atomic E-state index is 13.0. The predicted octanol–water partition coefficient (Wildman–Crippen LogP) is 4.05. The van der Waals surface area contributed by atoms with E-state index in [2.05, 4.69) is 5.32 Å². The Labute approximate surface area is 105 Å². The number of alkyl halides is 2. The molecule has 0 amide bonds. The SMILES string of the molecule is CCCNC(c1cc2cc(C)ccc2o1)C(F)F. The Morgan fingerprint density at radius 1 is 1.28 bits per heavy atom. The van der Waals surface area contributed by atoms with E-state index in [0.717, 1.165) is 17.4 Å². The highest BCUT2D eigenvalue weighted by molar-refractivity contribution is 5.78. The topological polar surface area (TPSA) is 25.2 Å². The normalized spacial score (nSPS) is 13.4. The number of furan rings is 1. The maximum atomic E-state index is 13.0. The van der Waals surface area contributed by atoms with Gasteiger partial charge in [-0.25, -0.2) is 8.78 Å². The van der Waals surface area contributed by atoms with Crippen molar-refractivity contribution in [3.8, 4) is 0 Å². The van der Waals surface area contributed by atoms with Crippen LogP contribution in [0.1, 0.15) is 30.7 Å². The van der Waals surface area contributed by atoms with E-state index < -0.39 is 12.5 Å². The molecular weight excluding hydrogens is 236 g/mol. The molecule has 2 rings (SSSR count). The fourth-order valence-corrected chi connectivity index (χ4v) is 1.95. The zero-order valence-corrected chi connectivity index (χ0v) is 10.5. The largest absolute Gasteiger partial charge is 0.459 e. The van der Waals surface area contributed by atoms with Gasteiger partial charge < -0.3 is 9.73 Å². The molecule has 0 saturated carbocycles. The van der Waals surface area contributed by atoms with Gasteiger partial charge in [0.15, 0.2) is 0 Å². The first kappa shape index (κ1) is 13.0. The average Bonchev–Trinajstić information content (AvgIpc) is 2.71. The van der Waals surface area contributed by atoms with E-state index >= 15 is 0 Å². The molecule has 4 heteroatoms. The molecule has 18 heavy (non-hydrogen) atoms. The zero-order chi connectivity index (χ0) is 13.1. The monoisotopic (exact) mass is 253 g/mol. The van der Waals surface area contributed by atoms with Crippen molar-refractivity contribution in [3.63, 3.8) is 0 Å². The first-order chi connectivity index (χ1) is 8.61. The summed E-state index contributed by atoms with van der Waals surface area (Å²) in [5, 5.41) is 3.69. The number of aryl methyl sites for hydroxylation is 1. The molecule has 98 valence electrons. The third-order valence-electron chi connectivity index (χ3n) is 2.86. The highest BCUT2D eigenvalue weighted by Crippen LogP contribution is 2.28. The molecule has 1 heterocycles. The smallest absolute Gasteiger partial charge is 0.260 e. The molecule has 1 unspecified atom stereocenters. The summed E-state index contributed by atoms with van der Waals surface area (Å²) in [6, 6.07) is 6.33. The summed E-state index contributed by atoms with van der Waals surface area (Å²) in [4.78, 5) is 0. The van der Waals surface area contributed by atoms with E-state index in [1.54, 1.807) is 6.07 Å². The Balaban J connectivity index is 2.32. The molecule has 0 aliphatic carbocycles. The number of halogens is 2. The van der Waals surface area contributed by atoms with Crippen molar-refractivity contribution in [1.82, 2.24) is 5.32 Å². The van der Waals surface area contributed by atoms with Crippen molar-refractivity contribution in [2.75, 3.05) is 6.54 Å². The van der Waals surface area contributed by atoms with E-state index in [4.69, 9.17) is 4.42 Å². The summed E-state index contributed by atoms with van der Waals surface area (Å²) >= 11 is 0. The van der Waals surface area contributed by atoms with Crippen LogP contribution in [-0.2, 0) is 0 Å². The van der Waals surface area contributed by atoms with Crippen LogP contribution in [0.3, 0.4) is 0 Å². The molecule has 0 bridgehead atoms. The van der Waals surface area contributed by atoms with E-state index in [1.807, 2.05) is 32.0 Å². The molecule has 1 N–H and O–H groups in total. The van der Waals surface area contributed by atoms with Gasteiger partial charge in [0, 0.05) is 5.39 Å². The molecule has 1 atom stereocenters. The number of hydrogen-bond acceptors (Lipinski definition) is 2. The number of fused-ring (bicyclic) bond motifs is 1. The van der Waals surface area contributed by atoms with Crippen molar-refractivity contribution in [1.29, 1.82) is 0 Å². The summed E-state index contributed by atoms with van der Waals surface area (Å²) < 4.78 is 31.5. The summed E-state index contributed by atoms with van der Waals surface area (Å²) in [6.07, 6.45) is -1.67. The number of nitrogens with one attached hydrogen (secondary N) is 1. The van der Waals surface area contributed by atoms with Crippen molar-refractivity contribution < 1.29 is 13.2 Å². The van der Waals surface area contributed by atoms with Crippen LogP contribution < -0.4 is 5.32 Å². The third-order valence-corrected chi connectivity index (χ3v) is 2.86. The van der Waals surface area contributed by atoms with E-state index in [1.165, 1.54) is 0 Å². The summed E-state index contributed by atoms with van der Waals surface area (Å²) in [5.41, 5.74) is 1.74. The maximum Gasteiger partial charge on any atom is 0.260 e. The van der Waals surface area contributed by atoms with Gasteiger partial charge in [0.05, 0.1) is 0 Å². The van der Waals surface area contributed by atoms with Gasteiger partial charge in [-0.15, -0.1) is 0 Å². The molecule has 1 aromatic carbocycles. The van der Waals surface area contributed by atoms with Crippen LogP contribution in [0.2, 0.25) is 0 Å². The van der Waals surface area contributed by atoms with Crippen molar-refractivity contribution >= 4 is 11.0 Å². The van der Waals surface area contributed by atoms with Crippen molar-refractivity contribution in [2.45, 2.75) is 32.7 Å². The Hall–Kier alpha value is -1.42. The molecule has 0 spiro atoms. The third kappa shape index (κ3) is 2.70. The lowest BCUT2D eigenvalue weighted by Gasteiger charge is -2.14. The Morgan fingerprint density at radius 3 is 2.72 bits per heavy atom. The summed E-state index contributed by atoms with van der Waals surface area (Å²) in [5.74, 6) is 0.305. The van der Waals surface area contributed by atoms with Gasteiger partial charge >= 0.3 is 0 Å². The number of benzene rings is 1. The van der Waals surface area contributed by atoms with E-state index in [9.17, 15) is 8.78 Å². The molecule has 2 aromatic rings. The lowest BCUT2D eigenvalue weighted by molar-refractivity contribution is 0.0889. The Bertz CT molecular complexity index is 521. The highest BCUT2D eigenvalue weighted by atomic mass is 19.3. The fraction of sp³-hybridized carbons (Fsp3) is 0.429. The van der Waals surface area contributed by atoms with Gasteiger partial charge in [0.1, 0.15) is 17.4 Å². The molecule has 0 radical (unpaired) electrons. The second-order valence-corrected chi connectivity index (χ2v) is 4.46. The minimum Gasteiger partial charge on any atom is -0.459 e. The lowest BCUT2D eigenvalue weighted by atomic mass is 10.1. The first-order valence-electron chi connectivity index (χ1n) is 6.13. The average molecular weight is 253 g/mol. The zero-order valence-electron chi connectivity index (χ0n) is 10.5. The molecule has 0 saturated heterocycles. The minimum atomic E-state index is -2.47. The van der Waals surface area contributed by atoms with Gasteiger partial charge in [0.2, 0.25) is 0 Å². The number of rotatable bonds is 5. The van der Waals surface area contributed by atoms with E-state index in [-0.39, 0.29) is 0 Å². The molecule has 0 aliphatic heterocycles. The second kappa shape index (κ2) is 5.48. The Kier molecular flexibility index (Phi) is 3.97. The van der Waals surface area contributed by atoms with Crippen LogP contribution >= 0.6 is 0 Å². The summed E-state index contributed by atoms with van der Waals surface area (Å²) in [6.45, 7) is 4.45. The van der Waals surface area contributed by atoms with Crippen LogP contribution in [0, 0.1) is 6.92 Å². The standard InChI is InChI=1S/C14H17F2NO/c1-3-6-17-13(14(15)16)12-8-10-7-9(2)4-5-11(10)18-12/h4-5,7-8,13-14,17H,3,6H2,1-2H3. The molecule has 0 fully saturated rings.